The van der Waals surface area contributed by atoms with Gasteiger partial charge >= 0.3 is 0 Å². The second-order valence-electron chi connectivity index (χ2n) is 6.17. The second kappa shape index (κ2) is 6.28. The van der Waals surface area contributed by atoms with Gasteiger partial charge < -0.3 is 10.0 Å². The fraction of sp³-hybridized carbons (Fsp3) is 0.588. The third kappa shape index (κ3) is 3.52. The van der Waals surface area contributed by atoms with Gasteiger partial charge in [0.2, 0.25) is 0 Å². The van der Waals surface area contributed by atoms with E-state index in [1.807, 2.05) is 12.1 Å². The molecule has 0 aliphatic heterocycles. The molecule has 1 aliphatic rings. The molecule has 0 unspecified atom stereocenters. The van der Waals surface area contributed by atoms with E-state index in [-0.39, 0.29) is 0 Å². The Labute approximate surface area is 121 Å². The van der Waals surface area contributed by atoms with Gasteiger partial charge in [0, 0.05) is 23.8 Å². The van der Waals surface area contributed by atoms with Crippen LogP contribution in [-0.2, 0) is 0 Å². The van der Waals surface area contributed by atoms with E-state index < -0.39 is 6.10 Å². The standard InChI is InChI=1S/C17H24N2O/c1-12(2)8-9-19(15-5-6-15)17-10-14(11-18)4-7-16(17)13(3)20/h4,7,10,12-13,15,20H,5-6,8-9H2,1-3H3/t13-/m1/s1. The van der Waals surface area contributed by atoms with Crippen LogP contribution in [0, 0.1) is 17.2 Å². The fourth-order valence-corrected chi connectivity index (χ4v) is 2.50. The summed E-state index contributed by atoms with van der Waals surface area (Å²) in [6, 6.07) is 8.40. The Morgan fingerprint density at radius 1 is 1.35 bits per heavy atom. The highest BCUT2D eigenvalue weighted by Gasteiger charge is 2.31. The summed E-state index contributed by atoms with van der Waals surface area (Å²) in [7, 11) is 0. The number of hydrogen-bond donors (Lipinski definition) is 1. The van der Waals surface area contributed by atoms with Crippen molar-refractivity contribution in [3.05, 3.63) is 29.3 Å². The molecular formula is C17H24N2O. The molecule has 2 rings (SSSR count). The molecule has 0 amide bonds. The maximum atomic E-state index is 9.99. The van der Waals surface area contributed by atoms with Crippen molar-refractivity contribution in [1.29, 1.82) is 5.26 Å². The van der Waals surface area contributed by atoms with Gasteiger partial charge in [0.25, 0.3) is 0 Å². The quantitative estimate of drug-likeness (QED) is 0.860. The highest BCUT2D eigenvalue weighted by atomic mass is 16.3. The van der Waals surface area contributed by atoms with Crippen LogP contribution >= 0.6 is 0 Å². The molecule has 0 spiro atoms. The average molecular weight is 272 g/mol. The normalized spacial score (nSPS) is 16.0. The van der Waals surface area contributed by atoms with E-state index in [2.05, 4.69) is 24.8 Å². The molecule has 1 saturated carbocycles. The number of nitrogens with zero attached hydrogens (tertiary/aromatic N) is 2. The van der Waals surface area contributed by atoms with E-state index >= 15 is 0 Å². The molecule has 0 bridgehead atoms. The molecule has 1 N–H and O–H groups in total. The van der Waals surface area contributed by atoms with E-state index in [0.717, 1.165) is 24.2 Å². The Morgan fingerprint density at radius 3 is 2.55 bits per heavy atom. The van der Waals surface area contributed by atoms with E-state index in [9.17, 15) is 5.11 Å². The highest BCUT2D eigenvalue weighted by Crippen LogP contribution is 2.36. The Morgan fingerprint density at radius 2 is 2.05 bits per heavy atom. The molecule has 0 saturated heterocycles. The monoisotopic (exact) mass is 272 g/mol. The molecule has 0 aromatic heterocycles. The van der Waals surface area contributed by atoms with Crippen LogP contribution in [0.2, 0.25) is 0 Å². The first kappa shape index (κ1) is 14.9. The molecule has 1 atom stereocenters. The maximum absolute atomic E-state index is 9.99. The number of hydrogen-bond acceptors (Lipinski definition) is 3. The van der Waals surface area contributed by atoms with Gasteiger partial charge in [-0.3, -0.25) is 0 Å². The molecule has 1 aliphatic carbocycles. The lowest BCUT2D eigenvalue weighted by Crippen LogP contribution is -2.29. The van der Waals surface area contributed by atoms with Crippen LogP contribution in [0.3, 0.4) is 0 Å². The average Bonchev–Trinajstić information content (AvgIpc) is 3.22. The van der Waals surface area contributed by atoms with E-state index in [1.54, 1.807) is 13.0 Å². The Bertz CT molecular complexity index is 498. The van der Waals surface area contributed by atoms with Crippen LogP contribution in [0.1, 0.15) is 57.3 Å². The minimum absolute atomic E-state index is 0.502. The van der Waals surface area contributed by atoms with Gasteiger partial charge in [-0.25, -0.2) is 0 Å². The van der Waals surface area contributed by atoms with Crippen molar-refractivity contribution in [2.75, 3.05) is 11.4 Å². The number of benzene rings is 1. The summed E-state index contributed by atoms with van der Waals surface area (Å²) in [5.41, 5.74) is 2.64. The zero-order valence-corrected chi connectivity index (χ0v) is 12.6. The first-order valence-electron chi connectivity index (χ1n) is 7.51. The molecule has 108 valence electrons. The summed E-state index contributed by atoms with van der Waals surface area (Å²) in [6.07, 6.45) is 3.06. The number of anilines is 1. The van der Waals surface area contributed by atoms with Crippen molar-refractivity contribution >= 4 is 5.69 Å². The first-order valence-corrected chi connectivity index (χ1v) is 7.51. The summed E-state index contributed by atoms with van der Waals surface area (Å²) in [5.74, 6) is 0.658. The van der Waals surface area contributed by atoms with Gasteiger partial charge in [-0.15, -0.1) is 0 Å². The third-order valence-electron chi connectivity index (χ3n) is 3.85. The number of rotatable bonds is 6. The lowest BCUT2D eigenvalue weighted by atomic mass is 10.0. The van der Waals surface area contributed by atoms with Crippen molar-refractivity contribution in [3.63, 3.8) is 0 Å². The van der Waals surface area contributed by atoms with E-state index in [1.165, 1.54) is 12.8 Å². The number of aliphatic hydroxyl groups is 1. The smallest absolute Gasteiger partial charge is 0.0992 e. The summed E-state index contributed by atoms with van der Waals surface area (Å²) < 4.78 is 0. The second-order valence-corrected chi connectivity index (χ2v) is 6.17. The van der Waals surface area contributed by atoms with Crippen LogP contribution < -0.4 is 4.90 Å². The highest BCUT2D eigenvalue weighted by molar-refractivity contribution is 5.59. The molecule has 0 heterocycles. The molecule has 3 heteroatoms. The first-order chi connectivity index (χ1) is 9.52. The SMILES string of the molecule is CC(C)CCN(c1cc(C#N)ccc1[C@@H](C)O)C1CC1. The Hall–Kier alpha value is -1.53. The molecule has 1 aromatic carbocycles. The summed E-state index contributed by atoms with van der Waals surface area (Å²) in [6.45, 7) is 7.24. The molecular weight excluding hydrogens is 248 g/mol. The largest absolute Gasteiger partial charge is 0.389 e. The predicted molar refractivity (Wildman–Crippen MR) is 81.6 cm³/mol. The van der Waals surface area contributed by atoms with Gasteiger partial charge in [-0.05, 0) is 44.2 Å². The molecule has 0 radical (unpaired) electrons. The molecule has 1 fully saturated rings. The minimum atomic E-state index is -0.502. The lowest BCUT2D eigenvalue weighted by Gasteiger charge is -2.29. The Balaban J connectivity index is 2.32. The van der Waals surface area contributed by atoms with Crippen molar-refractivity contribution in [1.82, 2.24) is 0 Å². The van der Waals surface area contributed by atoms with Gasteiger partial charge in [0.1, 0.15) is 0 Å². The zero-order chi connectivity index (χ0) is 14.7. The lowest BCUT2D eigenvalue weighted by molar-refractivity contribution is 0.199. The van der Waals surface area contributed by atoms with Gasteiger partial charge in [0.05, 0.1) is 17.7 Å². The van der Waals surface area contributed by atoms with Crippen LogP contribution in [0.4, 0.5) is 5.69 Å². The van der Waals surface area contributed by atoms with E-state index in [4.69, 9.17) is 5.26 Å². The van der Waals surface area contributed by atoms with Gasteiger partial charge in [0.15, 0.2) is 0 Å². The summed E-state index contributed by atoms with van der Waals surface area (Å²) in [5, 5.41) is 19.1. The number of aliphatic hydroxyl groups excluding tert-OH is 1. The summed E-state index contributed by atoms with van der Waals surface area (Å²) in [4.78, 5) is 2.39. The molecule has 3 nitrogen and oxygen atoms in total. The Kier molecular flexibility index (Phi) is 4.67. The van der Waals surface area contributed by atoms with Crippen LogP contribution in [0.25, 0.3) is 0 Å². The molecule has 1 aromatic rings. The number of nitriles is 1. The molecule has 20 heavy (non-hydrogen) atoms. The van der Waals surface area contributed by atoms with Gasteiger partial charge in [-0.2, -0.15) is 5.26 Å². The predicted octanol–water partition coefficient (Wildman–Crippen LogP) is 3.63. The van der Waals surface area contributed by atoms with Crippen LogP contribution in [-0.4, -0.2) is 17.7 Å². The topological polar surface area (TPSA) is 47.3 Å². The van der Waals surface area contributed by atoms with Crippen molar-refractivity contribution in [2.45, 2.75) is 52.2 Å². The van der Waals surface area contributed by atoms with Crippen LogP contribution in [0.5, 0.6) is 0 Å². The van der Waals surface area contributed by atoms with Crippen molar-refractivity contribution in [3.8, 4) is 6.07 Å². The van der Waals surface area contributed by atoms with Crippen molar-refractivity contribution in [2.24, 2.45) is 5.92 Å². The van der Waals surface area contributed by atoms with Crippen molar-refractivity contribution < 1.29 is 5.11 Å². The maximum Gasteiger partial charge on any atom is 0.0992 e. The minimum Gasteiger partial charge on any atom is -0.389 e. The van der Waals surface area contributed by atoms with Crippen LogP contribution in [0.15, 0.2) is 18.2 Å². The third-order valence-corrected chi connectivity index (χ3v) is 3.85. The fourth-order valence-electron chi connectivity index (χ4n) is 2.50. The van der Waals surface area contributed by atoms with Gasteiger partial charge in [-0.1, -0.05) is 19.9 Å². The van der Waals surface area contributed by atoms with E-state index in [0.29, 0.717) is 17.5 Å². The summed E-state index contributed by atoms with van der Waals surface area (Å²) >= 11 is 0. The zero-order valence-electron chi connectivity index (χ0n) is 12.6.